The summed E-state index contributed by atoms with van der Waals surface area (Å²) in [7, 11) is 0. The molecule has 4 rings (SSSR count). The maximum atomic E-state index is 14.7. The Balaban J connectivity index is 1.47. The molecule has 0 fully saturated rings. The lowest BCUT2D eigenvalue weighted by Crippen LogP contribution is -2.58. The Hall–Kier alpha value is -7.41. The number of rotatable bonds is 55. The number of carboxylic acids is 1. The first kappa shape index (κ1) is 85.0. The van der Waals surface area contributed by atoms with E-state index in [9.17, 15) is 43.5 Å². The maximum Gasteiger partial charge on any atom is 0.328 e. The third-order valence-corrected chi connectivity index (χ3v) is 18.3. The van der Waals surface area contributed by atoms with E-state index in [-0.39, 0.29) is 39.1 Å². The van der Waals surface area contributed by atoms with E-state index in [2.05, 4.69) is 40.4 Å². The van der Waals surface area contributed by atoms with Gasteiger partial charge in [-0.1, -0.05) is 286 Å². The first-order chi connectivity index (χ1) is 48.2. The van der Waals surface area contributed by atoms with Gasteiger partial charge in [0, 0.05) is 31.9 Å². The van der Waals surface area contributed by atoms with E-state index in [1.54, 1.807) is 47.1 Å². The molecule has 0 saturated heterocycles. The molecular formula is C81H125N7O12. The summed E-state index contributed by atoms with van der Waals surface area (Å²) in [5.74, 6) is -6.72. The van der Waals surface area contributed by atoms with Crippen LogP contribution in [0.25, 0.3) is 0 Å². The minimum Gasteiger partial charge on any atom is -0.480 e. The second kappa shape index (κ2) is 49.2. The van der Waals surface area contributed by atoms with Crippen LogP contribution in [0.4, 0.5) is 0 Å². The van der Waals surface area contributed by atoms with Crippen molar-refractivity contribution >= 4 is 47.4 Å². The number of benzene rings is 3. The summed E-state index contributed by atoms with van der Waals surface area (Å²) >= 11 is 0. The van der Waals surface area contributed by atoms with Crippen LogP contribution in [0.3, 0.4) is 0 Å². The molecule has 4 aromatic rings. The molecule has 1 heterocycles. The Labute approximate surface area is 598 Å². The second-order valence-corrected chi connectivity index (χ2v) is 28.4. The van der Waals surface area contributed by atoms with Gasteiger partial charge in [0.05, 0.1) is 37.4 Å². The van der Waals surface area contributed by atoms with E-state index in [4.69, 9.17) is 19.2 Å². The summed E-state index contributed by atoms with van der Waals surface area (Å²) in [6.45, 7) is 14.5. The maximum absolute atomic E-state index is 14.7. The fourth-order valence-corrected chi connectivity index (χ4v) is 12.4. The molecule has 100 heavy (non-hydrogen) atoms. The fourth-order valence-electron chi connectivity index (χ4n) is 12.4. The standard InChI is InChI=1S/C81H125N7O12/c1-9-11-13-15-17-19-21-23-25-27-29-31-33-44-56-98-73(91)55-52-68(79(97)99-57-45-34-32-30-28-26-24-22-20-18-16-14-12-10-2)84-71(89)53-54-72(90)85-70(60-100-80(6,7)8)77(94)86-69(76(93)83-63(5)75(92)87-74(62(3)4)78(95)96)58-67-59-88(61-82-67)81(64-46-38-35-39-47-64,65-48-40-36-41-49-65)66-50-42-37-43-51-66/h35-43,46-51,59,61-63,68-70,74H,9-34,44-45,52-58,60H2,1-8H3,(H,83,93)(H,84,89)(H,85,90)(H,86,94)(H,87,92)(H,95,96)/t63-,68-,69-,70-,74-/m0/s1. The number of carbonyl (C=O) groups excluding carboxylic acids is 7. The van der Waals surface area contributed by atoms with Gasteiger partial charge in [-0.25, -0.2) is 14.6 Å². The number of nitrogens with one attached hydrogen (secondary N) is 5. The molecule has 0 aliphatic heterocycles. The molecule has 0 saturated carbocycles. The van der Waals surface area contributed by atoms with Gasteiger partial charge < -0.3 is 50.5 Å². The van der Waals surface area contributed by atoms with Crippen molar-refractivity contribution in [3.8, 4) is 0 Å². The minimum atomic E-state index is -1.45. The molecule has 1 aromatic heterocycles. The predicted molar refractivity (Wildman–Crippen MR) is 395 cm³/mol. The zero-order chi connectivity index (χ0) is 72.8. The Bertz CT molecular complexity index is 2860. The lowest BCUT2D eigenvalue weighted by atomic mass is 9.77. The van der Waals surface area contributed by atoms with Crippen LogP contribution in [0.2, 0.25) is 0 Å². The van der Waals surface area contributed by atoms with Crippen molar-refractivity contribution in [2.45, 2.75) is 309 Å². The van der Waals surface area contributed by atoms with Crippen molar-refractivity contribution < 1.29 is 57.7 Å². The van der Waals surface area contributed by atoms with Gasteiger partial charge in [0.1, 0.15) is 35.7 Å². The highest BCUT2D eigenvalue weighted by molar-refractivity contribution is 5.95. The van der Waals surface area contributed by atoms with Gasteiger partial charge in [0.25, 0.3) is 0 Å². The van der Waals surface area contributed by atoms with Gasteiger partial charge in [-0.3, -0.25) is 28.8 Å². The molecule has 556 valence electrons. The van der Waals surface area contributed by atoms with Crippen LogP contribution in [0.15, 0.2) is 104 Å². The van der Waals surface area contributed by atoms with E-state index >= 15 is 0 Å². The van der Waals surface area contributed by atoms with E-state index < -0.39 is 108 Å². The topological polar surface area (TPSA) is 262 Å². The predicted octanol–water partition coefficient (Wildman–Crippen LogP) is 14.9. The molecule has 0 aliphatic carbocycles. The number of amides is 5. The van der Waals surface area contributed by atoms with Crippen LogP contribution in [-0.4, -0.2) is 118 Å². The molecule has 19 heteroatoms. The fraction of sp³-hybridized carbons (Fsp3) is 0.642. The van der Waals surface area contributed by atoms with Crippen molar-refractivity contribution in [1.82, 2.24) is 36.1 Å². The number of aliphatic carboxylic acids is 1. The number of ether oxygens (including phenoxy) is 3. The highest BCUT2D eigenvalue weighted by Gasteiger charge is 2.39. The van der Waals surface area contributed by atoms with Gasteiger partial charge in [0.15, 0.2) is 0 Å². The van der Waals surface area contributed by atoms with E-state index in [0.717, 1.165) is 61.6 Å². The number of hydrogen-bond acceptors (Lipinski definition) is 12. The zero-order valence-electron chi connectivity index (χ0n) is 62.1. The number of nitrogens with zero attached hydrogens (tertiary/aromatic N) is 2. The van der Waals surface area contributed by atoms with Crippen LogP contribution >= 0.6 is 0 Å². The summed E-state index contributed by atoms with van der Waals surface area (Å²) in [5, 5.41) is 23.2. The first-order valence-corrected chi connectivity index (χ1v) is 38.1. The monoisotopic (exact) mass is 1390 g/mol. The Kier molecular flexibility index (Phi) is 41.8. The van der Waals surface area contributed by atoms with Crippen molar-refractivity contribution in [3.63, 3.8) is 0 Å². The van der Waals surface area contributed by atoms with Gasteiger partial charge in [0.2, 0.25) is 29.5 Å². The number of unbranched alkanes of at least 4 members (excludes halogenated alkanes) is 26. The smallest absolute Gasteiger partial charge is 0.328 e. The highest BCUT2D eigenvalue weighted by atomic mass is 16.5. The van der Waals surface area contributed by atoms with Crippen LogP contribution < -0.4 is 26.6 Å². The zero-order valence-corrected chi connectivity index (χ0v) is 62.1. The average molecular weight is 1390 g/mol. The molecule has 0 aliphatic rings. The van der Waals surface area contributed by atoms with Crippen LogP contribution in [0.5, 0.6) is 0 Å². The number of carbonyl (C=O) groups is 8. The first-order valence-electron chi connectivity index (χ1n) is 38.1. The van der Waals surface area contributed by atoms with Crippen LogP contribution in [0, 0.1) is 5.92 Å². The van der Waals surface area contributed by atoms with E-state index in [0.29, 0.717) is 12.1 Å². The van der Waals surface area contributed by atoms with Gasteiger partial charge in [-0.05, 0) is 69.6 Å². The molecule has 6 N–H and O–H groups in total. The Morgan fingerprint density at radius 1 is 0.470 bits per heavy atom. The molecule has 0 spiro atoms. The third kappa shape index (κ3) is 33.4. The molecule has 5 amide bonds. The lowest BCUT2D eigenvalue weighted by Gasteiger charge is -2.37. The summed E-state index contributed by atoms with van der Waals surface area (Å²) in [6.07, 6.45) is 35.5. The SMILES string of the molecule is CCCCCCCCCCCCCCCCOC(=O)CC[C@H](NC(=O)CCC(=O)N[C@@H](COC(C)(C)C)C(=O)N[C@@H](Cc1cn(C(c2ccccc2)(c2ccccc2)c2ccccc2)cn1)C(=O)N[C@@H](C)C(=O)N[C@H](C(=O)O)C(C)C)C(=O)OCCCCCCCCCCCCCCCC. The summed E-state index contributed by atoms with van der Waals surface area (Å²) in [6, 6.07) is 23.1. The number of esters is 2. The summed E-state index contributed by atoms with van der Waals surface area (Å²) in [4.78, 5) is 114. The molecule has 0 radical (unpaired) electrons. The van der Waals surface area contributed by atoms with Crippen molar-refractivity contribution in [2.24, 2.45) is 5.92 Å². The third-order valence-electron chi connectivity index (χ3n) is 18.3. The summed E-state index contributed by atoms with van der Waals surface area (Å²) in [5.41, 5.74) is 1.30. The number of hydrogen-bond donors (Lipinski definition) is 6. The van der Waals surface area contributed by atoms with Crippen molar-refractivity contribution in [1.29, 1.82) is 0 Å². The van der Waals surface area contributed by atoms with Gasteiger partial charge in [-0.2, -0.15) is 0 Å². The van der Waals surface area contributed by atoms with Gasteiger partial charge in [-0.15, -0.1) is 0 Å². The van der Waals surface area contributed by atoms with Crippen molar-refractivity contribution in [2.75, 3.05) is 19.8 Å². The highest BCUT2D eigenvalue weighted by Crippen LogP contribution is 2.41. The van der Waals surface area contributed by atoms with Crippen LogP contribution in [0.1, 0.15) is 283 Å². The van der Waals surface area contributed by atoms with Crippen LogP contribution in [-0.2, 0) is 64.5 Å². The number of aromatic nitrogens is 2. The molecule has 0 bridgehead atoms. The van der Waals surface area contributed by atoms with E-state index in [1.807, 2.05) is 95.6 Å². The number of imidazole rings is 1. The second-order valence-electron chi connectivity index (χ2n) is 28.4. The Morgan fingerprint density at radius 3 is 1.28 bits per heavy atom. The Morgan fingerprint density at radius 2 is 0.870 bits per heavy atom. The lowest BCUT2D eigenvalue weighted by molar-refractivity contribution is -0.149. The molecule has 19 nitrogen and oxygen atoms in total. The number of carboxylic acid groups (broad SMARTS) is 1. The van der Waals surface area contributed by atoms with Gasteiger partial charge >= 0.3 is 17.9 Å². The average Bonchev–Trinajstić information content (AvgIpc) is 1.30. The molecule has 5 atom stereocenters. The van der Waals surface area contributed by atoms with E-state index in [1.165, 1.54) is 135 Å². The molecule has 0 unspecified atom stereocenters. The molecular weight excluding hydrogens is 1260 g/mol. The largest absolute Gasteiger partial charge is 0.480 e. The summed E-state index contributed by atoms with van der Waals surface area (Å²) < 4.78 is 19.3. The molecule has 3 aromatic carbocycles. The normalized spacial score (nSPS) is 13.1. The van der Waals surface area contributed by atoms with Crippen molar-refractivity contribution in [3.05, 3.63) is 126 Å². The minimum absolute atomic E-state index is 0.0767. The quantitative estimate of drug-likeness (QED) is 0.0137.